The molecule has 8 heteroatoms. The molecular weight excluding hydrogens is 348 g/mol. The van der Waals surface area contributed by atoms with Crippen LogP contribution >= 0.6 is 11.6 Å². The Hall–Kier alpha value is -1.86. The third kappa shape index (κ3) is 4.15. The van der Waals surface area contributed by atoms with E-state index < -0.39 is 14.8 Å². The minimum Gasteiger partial charge on any atom is -0.340 e. The maximum Gasteiger partial charge on any atom is 0.237 e. The highest BCUT2D eigenvalue weighted by Crippen LogP contribution is 2.27. The van der Waals surface area contributed by atoms with Crippen LogP contribution in [0.3, 0.4) is 0 Å². The Bertz CT molecular complexity index is 861. The highest BCUT2D eigenvalue weighted by atomic mass is 35.5. The van der Waals surface area contributed by atoms with Crippen molar-refractivity contribution in [2.24, 2.45) is 0 Å². The summed E-state index contributed by atoms with van der Waals surface area (Å²) in [5.74, 6) is 0.573. The van der Waals surface area contributed by atoms with Crippen molar-refractivity contribution in [3.8, 4) is 0 Å². The van der Waals surface area contributed by atoms with Gasteiger partial charge < -0.3 is 5.32 Å². The summed E-state index contributed by atoms with van der Waals surface area (Å²) in [6.07, 6.45) is 1.62. The molecule has 0 bridgehead atoms. The minimum absolute atomic E-state index is 0.142. The minimum atomic E-state index is -3.50. The number of nitrogens with one attached hydrogen (secondary N) is 2. The van der Waals surface area contributed by atoms with Crippen LogP contribution < -0.4 is 10.0 Å². The summed E-state index contributed by atoms with van der Waals surface area (Å²) in [6, 6.07) is 5.41. The van der Waals surface area contributed by atoms with Gasteiger partial charge in [0.1, 0.15) is 5.82 Å². The fourth-order valence-corrected chi connectivity index (χ4v) is 2.74. The van der Waals surface area contributed by atoms with Gasteiger partial charge in [-0.25, -0.2) is 18.4 Å². The Morgan fingerprint density at radius 2 is 1.79 bits per heavy atom. The van der Waals surface area contributed by atoms with Crippen molar-refractivity contribution in [2.75, 3.05) is 10.0 Å². The van der Waals surface area contributed by atoms with Crippen LogP contribution in [0.1, 0.15) is 31.9 Å². The molecule has 0 aliphatic heterocycles. The van der Waals surface area contributed by atoms with E-state index in [4.69, 9.17) is 11.6 Å². The molecule has 0 radical (unpaired) electrons. The zero-order chi connectivity index (χ0) is 18.1. The molecule has 1 aromatic carbocycles. The lowest BCUT2D eigenvalue weighted by Crippen LogP contribution is -2.33. The van der Waals surface area contributed by atoms with Crippen molar-refractivity contribution in [3.63, 3.8) is 0 Å². The number of nitrogens with zero attached hydrogens (tertiary/aromatic N) is 2. The van der Waals surface area contributed by atoms with E-state index >= 15 is 0 Å². The van der Waals surface area contributed by atoms with Crippen LogP contribution in [0.15, 0.2) is 24.4 Å². The lowest BCUT2D eigenvalue weighted by atomic mass is 10.2. The molecular formula is C16H21ClN4O2S. The van der Waals surface area contributed by atoms with Crippen LogP contribution in [0, 0.1) is 13.8 Å². The molecule has 2 N–H and O–H groups in total. The first-order chi connectivity index (χ1) is 11.0. The Morgan fingerprint density at radius 1 is 1.12 bits per heavy atom. The van der Waals surface area contributed by atoms with E-state index in [0.717, 1.165) is 11.1 Å². The molecule has 2 aromatic rings. The highest BCUT2D eigenvalue weighted by Gasteiger charge is 2.29. The SMILES string of the molecule is Cc1ccc(Nc2nc(Cl)ncc2C)cc1NS(=O)(=O)C(C)(C)C. The summed E-state index contributed by atoms with van der Waals surface area (Å²) in [5.41, 5.74) is 2.88. The van der Waals surface area contributed by atoms with Gasteiger partial charge in [0.2, 0.25) is 15.3 Å². The summed E-state index contributed by atoms with van der Waals surface area (Å²) >= 11 is 5.82. The molecule has 24 heavy (non-hydrogen) atoms. The predicted molar refractivity (Wildman–Crippen MR) is 98.5 cm³/mol. The van der Waals surface area contributed by atoms with Gasteiger partial charge in [-0.3, -0.25) is 4.72 Å². The molecule has 0 amide bonds. The summed E-state index contributed by atoms with van der Waals surface area (Å²) in [4.78, 5) is 8.05. The van der Waals surface area contributed by atoms with Gasteiger partial charge in [-0.05, 0) is 63.9 Å². The lowest BCUT2D eigenvalue weighted by molar-refractivity contribution is 0.566. The van der Waals surface area contributed by atoms with E-state index in [-0.39, 0.29) is 5.28 Å². The van der Waals surface area contributed by atoms with Gasteiger partial charge in [-0.2, -0.15) is 0 Å². The summed E-state index contributed by atoms with van der Waals surface area (Å²) < 4.78 is 26.5. The van der Waals surface area contributed by atoms with Crippen LogP contribution in [-0.4, -0.2) is 23.1 Å². The summed E-state index contributed by atoms with van der Waals surface area (Å²) in [5, 5.41) is 3.28. The van der Waals surface area contributed by atoms with Gasteiger partial charge in [0.25, 0.3) is 0 Å². The molecule has 0 spiro atoms. The smallest absolute Gasteiger partial charge is 0.237 e. The zero-order valence-corrected chi connectivity index (χ0v) is 15.9. The first-order valence-corrected chi connectivity index (χ1v) is 9.25. The molecule has 130 valence electrons. The Morgan fingerprint density at radius 3 is 2.42 bits per heavy atom. The van der Waals surface area contributed by atoms with Crippen molar-refractivity contribution < 1.29 is 8.42 Å². The maximum absolute atomic E-state index is 12.4. The van der Waals surface area contributed by atoms with E-state index in [0.29, 0.717) is 17.2 Å². The molecule has 0 unspecified atom stereocenters. The number of sulfonamides is 1. The molecule has 0 atom stereocenters. The van der Waals surface area contributed by atoms with E-state index in [1.807, 2.05) is 26.0 Å². The molecule has 1 heterocycles. The van der Waals surface area contributed by atoms with Crippen LogP contribution in [0.2, 0.25) is 5.28 Å². The van der Waals surface area contributed by atoms with Crippen LogP contribution in [0.5, 0.6) is 0 Å². The summed E-state index contributed by atoms with van der Waals surface area (Å²) in [6.45, 7) is 8.66. The second kappa shape index (κ2) is 6.57. The van der Waals surface area contributed by atoms with Crippen molar-refractivity contribution in [1.29, 1.82) is 0 Å². The number of benzene rings is 1. The quantitative estimate of drug-likeness (QED) is 0.796. The molecule has 0 aliphatic carbocycles. The van der Waals surface area contributed by atoms with Crippen LogP contribution in [-0.2, 0) is 10.0 Å². The highest BCUT2D eigenvalue weighted by molar-refractivity contribution is 7.94. The second-order valence-electron chi connectivity index (χ2n) is 6.54. The van der Waals surface area contributed by atoms with Gasteiger partial charge in [0, 0.05) is 17.4 Å². The van der Waals surface area contributed by atoms with E-state index in [2.05, 4.69) is 20.0 Å². The maximum atomic E-state index is 12.4. The predicted octanol–water partition coefficient (Wildman–Crippen LogP) is 4.03. The monoisotopic (exact) mass is 368 g/mol. The normalized spacial score (nSPS) is 12.1. The van der Waals surface area contributed by atoms with Gasteiger partial charge in [-0.15, -0.1) is 0 Å². The first-order valence-electron chi connectivity index (χ1n) is 7.39. The molecule has 0 fully saturated rings. The topological polar surface area (TPSA) is 84.0 Å². The van der Waals surface area contributed by atoms with E-state index in [1.165, 1.54) is 0 Å². The fraction of sp³-hybridized carbons (Fsp3) is 0.375. The van der Waals surface area contributed by atoms with Gasteiger partial charge in [-0.1, -0.05) is 6.07 Å². The number of anilines is 3. The zero-order valence-electron chi connectivity index (χ0n) is 14.3. The van der Waals surface area contributed by atoms with Crippen molar-refractivity contribution in [1.82, 2.24) is 9.97 Å². The largest absolute Gasteiger partial charge is 0.340 e. The van der Waals surface area contributed by atoms with E-state index in [9.17, 15) is 8.42 Å². The molecule has 0 saturated carbocycles. The van der Waals surface area contributed by atoms with Gasteiger partial charge in [0.05, 0.1) is 10.4 Å². The molecule has 6 nitrogen and oxygen atoms in total. The van der Waals surface area contributed by atoms with Crippen molar-refractivity contribution in [2.45, 2.75) is 39.4 Å². The molecule has 0 saturated heterocycles. The first kappa shape index (κ1) is 18.5. The number of rotatable bonds is 4. The average Bonchev–Trinajstić information content (AvgIpc) is 2.45. The standard InChI is InChI=1S/C16H21ClN4O2S/c1-10-6-7-12(19-14-11(2)9-18-15(17)20-14)8-13(10)21-24(22,23)16(3,4)5/h6-9,21H,1-5H3,(H,18,19,20). The van der Waals surface area contributed by atoms with E-state index in [1.54, 1.807) is 33.0 Å². The number of halogens is 1. The van der Waals surface area contributed by atoms with Crippen molar-refractivity contribution in [3.05, 3.63) is 40.8 Å². The number of aryl methyl sites for hydroxylation is 2. The third-order valence-electron chi connectivity index (χ3n) is 3.49. The van der Waals surface area contributed by atoms with Crippen LogP contribution in [0.4, 0.5) is 17.2 Å². The number of aromatic nitrogens is 2. The third-order valence-corrected chi connectivity index (χ3v) is 5.78. The van der Waals surface area contributed by atoms with Gasteiger partial charge in [0.15, 0.2) is 0 Å². The van der Waals surface area contributed by atoms with Gasteiger partial charge >= 0.3 is 0 Å². The Labute approximate surface area is 147 Å². The number of hydrogen-bond donors (Lipinski definition) is 2. The fourth-order valence-electron chi connectivity index (χ4n) is 1.79. The average molecular weight is 369 g/mol. The molecule has 1 aromatic heterocycles. The number of hydrogen-bond acceptors (Lipinski definition) is 5. The summed E-state index contributed by atoms with van der Waals surface area (Å²) in [7, 11) is -3.50. The Kier molecular flexibility index (Phi) is 5.05. The Balaban J connectivity index is 2.34. The second-order valence-corrected chi connectivity index (χ2v) is 9.32. The van der Waals surface area contributed by atoms with Crippen molar-refractivity contribution >= 4 is 38.8 Å². The van der Waals surface area contributed by atoms with Crippen LogP contribution in [0.25, 0.3) is 0 Å². The molecule has 2 rings (SSSR count). The molecule has 0 aliphatic rings. The lowest BCUT2D eigenvalue weighted by Gasteiger charge is -2.22.